The molecule has 174 valence electrons. The number of hydrogen-bond donors (Lipinski definition) is 1. The number of aromatic hydroxyl groups is 1. The summed E-state index contributed by atoms with van der Waals surface area (Å²) in [4.78, 5) is 11.9. The summed E-state index contributed by atoms with van der Waals surface area (Å²) < 4.78 is 0. The van der Waals surface area contributed by atoms with Gasteiger partial charge in [-0.05, 0) is 0 Å². The summed E-state index contributed by atoms with van der Waals surface area (Å²) in [7, 11) is 0. The second kappa shape index (κ2) is 9.02. The fourth-order valence-corrected chi connectivity index (χ4v) is 10.9. The van der Waals surface area contributed by atoms with Gasteiger partial charge in [0.15, 0.2) is 0 Å². The average Bonchev–Trinajstić information content (AvgIpc) is 2.86. The van der Waals surface area contributed by atoms with Gasteiger partial charge in [0.2, 0.25) is 0 Å². The van der Waals surface area contributed by atoms with E-state index in [0.717, 1.165) is 33.3 Å². The molecule has 0 radical (unpaired) electrons. The Morgan fingerprint density at radius 2 is 1.18 bits per heavy atom. The molecule has 0 fully saturated rings. The number of phenolic OH excluding ortho intramolecular Hbond substituents is 1. The monoisotopic (exact) mass is 488 g/mol. The van der Waals surface area contributed by atoms with Crippen LogP contribution in [0.15, 0.2) is 103 Å². The molecule has 4 aromatic rings. The zero-order chi connectivity index (χ0) is 24.4. The van der Waals surface area contributed by atoms with Gasteiger partial charge >= 0.3 is 207 Å². The van der Waals surface area contributed by atoms with Crippen molar-refractivity contribution >= 4 is 39.4 Å². The van der Waals surface area contributed by atoms with Crippen LogP contribution in [0.25, 0.3) is 0 Å². The second-order valence-corrected chi connectivity index (χ2v) is 16.3. The summed E-state index contributed by atoms with van der Waals surface area (Å²) in [5.41, 5.74) is 1.61. The van der Waals surface area contributed by atoms with Crippen LogP contribution in [0.1, 0.15) is 42.3 Å². The van der Waals surface area contributed by atoms with Gasteiger partial charge in [-0.2, -0.15) is 0 Å². The van der Waals surface area contributed by atoms with Crippen molar-refractivity contribution in [3.8, 4) is 5.75 Å². The van der Waals surface area contributed by atoms with Gasteiger partial charge in [-0.3, -0.25) is 0 Å². The van der Waals surface area contributed by atoms with E-state index in [4.69, 9.17) is 11.2 Å². The van der Waals surface area contributed by atoms with Crippen molar-refractivity contribution < 1.29 is 9.90 Å². The molecular weight excluding hydrogens is 459 g/mol. The Bertz CT molecular complexity index is 1200. The summed E-state index contributed by atoms with van der Waals surface area (Å²) in [6.45, 7) is 6.10. The fraction of sp³-hybridized carbons (Fsp3) is 0.167. The number of carbonyl (C=O) groups excluding carboxylic acids is 1. The van der Waals surface area contributed by atoms with Gasteiger partial charge in [0, 0.05) is 0 Å². The Labute approximate surface area is 207 Å². The quantitative estimate of drug-likeness (QED) is 0.242. The van der Waals surface area contributed by atoms with Crippen molar-refractivity contribution in [2.75, 3.05) is 0 Å². The molecule has 0 saturated heterocycles. The molecule has 1 N–H and O–H groups in total. The molecule has 0 aromatic heterocycles. The van der Waals surface area contributed by atoms with Crippen LogP contribution in [0, 0.1) is 0 Å². The van der Waals surface area contributed by atoms with Gasteiger partial charge in [-0.15, -0.1) is 0 Å². The van der Waals surface area contributed by atoms with Gasteiger partial charge in [-0.25, -0.2) is 0 Å². The van der Waals surface area contributed by atoms with Gasteiger partial charge in [0.1, 0.15) is 0 Å². The third-order valence-corrected chi connectivity index (χ3v) is 13.7. The third-order valence-electron chi connectivity index (χ3n) is 6.50. The second-order valence-electron chi connectivity index (χ2n) is 9.80. The summed E-state index contributed by atoms with van der Waals surface area (Å²) in [5.74, 6) is -3.51. The van der Waals surface area contributed by atoms with E-state index in [9.17, 15) is 9.90 Å². The molecule has 0 saturated carbocycles. The maximum atomic E-state index is 11.9. The Morgan fingerprint density at radius 3 is 1.53 bits per heavy atom. The molecule has 4 rings (SSSR count). The van der Waals surface area contributed by atoms with Crippen LogP contribution in [0.4, 0.5) is 0 Å². The molecule has 0 amide bonds. The SMILES string of the molecule is CC(C)(C)c1cc(CP(Cl)(c2ccccc2)(c2ccccc2)c2ccccc2)cc(C=O)c1O. The molecule has 0 unspecified atom stereocenters. The minimum atomic E-state index is -3.55. The zero-order valence-corrected chi connectivity index (χ0v) is 21.4. The molecule has 0 aliphatic heterocycles. The minimum absolute atomic E-state index is 0.0419. The maximum absolute atomic E-state index is 11.9. The van der Waals surface area contributed by atoms with Gasteiger partial charge in [0.05, 0.1) is 0 Å². The summed E-state index contributed by atoms with van der Waals surface area (Å²) in [6, 6.07) is 34.6. The number of benzene rings is 4. The van der Waals surface area contributed by atoms with Crippen LogP contribution >= 0.6 is 17.2 Å². The first-order valence-corrected chi connectivity index (χ1v) is 14.7. The molecule has 4 heteroatoms. The normalized spacial score (nSPS) is 13.1. The average molecular weight is 489 g/mol. The van der Waals surface area contributed by atoms with Gasteiger partial charge in [-0.1, -0.05) is 0 Å². The summed E-state index contributed by atoms with van der Waals surface area (Å²) >= 11 is 8.19. The molecular formula is C30H30ClO2P. The molecule has 34 heavy (non-hydrogen) atoms. The van der Waals surface area contributed by atoms with Crippen LogP contribution < -0.4 is 15.9 Å². The molecule has 2 nitrogen and oxygen atoms in total. The zero-order valence-electron chi connectivity index (χ0n) is 19.8. The number of phenols is 1. The van der Waals surface area contributed by atoms with E-state index in [1.165, 1.54) is 0 Å². The van der Waals surface area contributed by atoms with Gasteiger partial charge in [0.25, 0.3) is 0 Å². The van der Waals surface area contributed by atoms with E-state index < -0.39 is 5.96 Å². The van der Waals surface area contributed by atoms with Gasteiger partial charge < -0.3 is 0 Å². The standard InChI is InChI=1S/C30H30ClO2P/c1-30(2,3)28-20-23(19-24(21-32)29(28)33)22-34(31,25-13-7-4-8-14-25,26-15-9-5-10-16-26)27-17-11-6-12-18-27/h4-21,33H,22H2,1-3H3. The summed E-state index contributed by atoms with van der Waals surface area (Å²) in [6.07, 6.45) is 1.24. The van der Waals surface area contributed by atoms with Crippen LogP contribution in [0.3, 0.4) is 0 Å². The Balaban J connectivity index is 2.10. The van der Waals surface area contributed by atoms with Crippen molar-refractivity contribution in [2.24, 2.45) is 0 Å². The number of aldehydes is 1. The molecule has 4 aromatic carbocycles. The molecule has 0 bridgehead atoms. The van der Waals surface area contributed by atoms with Crippen LogP contribution in [-0.4, -0.2) is 11.4 Å². The van der Waals surface area contributed by atoms with Crippen LogP contribution in [0.2, 0.25) is 0 Å². The molecule has 0 heterocycles. The van der Waals surface area contributed by atoms with Crippen molar-refractivity contribution in [1.29, 1.82) is 0 Å². The van der Waals surface area contributed by atoms with Crippen molar-refractivity contribution in [3.05, 3.63) is 120 Å². The van der Waals surface area contributed by atoms with Crippen molar-refractivity contribution in [2.45, 2.75) is 32.3 Å². The number of carbonyl (C=O) groups is 1. The first-order chi connectivity index (χ1) is 16.2. The van der Waals surface area contributed by atoms with E-state index in [1.54, 1.807) is 6.07 Å². The van der Waals surface area contributed by atoms with Crippen molar-refractivity contribution in [1.82, 2.24) is 0 Å². The third kappa shape index (κ3) is 4.06. The first-order valence-electron chi connectivity index (χ1n) is 11.4. The molecule has 0 aliphatic rings. The van der Waals surface area contributed by atoms with Crippen molar-refractivity contribution in [3.63, 3.8) is 0 Å². The van der Waals surface area contributed by atoms with E-state index in [1.807, 2.05) is 81.4 Å². The van der Waals surface area contributed by atoms with E-state index in [0.29, 0.717) is 11.7 Å². The Hall–Kier alpha value is -2.93. The Kier molecular flexibility index (Phi) is 6.42. The van der Waals surface area contributed by atoms with Crippen LogP contribution in [-0.2, 0) is 11.6 Å². The number of hydrogen-bond acceptors (Lipinski definition) is 2. The molecule has 0 spiro atoms. The molecule has 0 atom stereocenters. The van der Waals surface area contributed by atoms with E-state index in [2.05, 4.69) is 36.4 Å². The summed E-state index contributed by atoms with van der Waals surface area (Å²) in [5, 5.41) is 14.0. The predicted octanol–water partition coefficient (Wildman–Crippen LogP) is 6.69. The van der Waals surface area contributed by atoms with E-state index in [-0.39, 0.29) is 11.2 Å². The predicted molar refractivity (Wildman–Crippen MR) is 147 cm³/mol. The fourth-order valence-electron chi connectivity index (χ4n) is 4.75. The van der Waals surface area contributed by atoms with E-state index >= 15 is 0 Å². The Morgan fingerprint density at radius 1 is 0.765 bits per heavy atom. The van der Waals surface area contributed by atoms with Crippen LogP contribution in [0.5, 0.6) is 5.75 Å². The first kappa shape index (κ1) is 24.2. The number of rotatable bonds is 6. The topological polar surface area (TPSA) is 37.3 Å². The molecule has 0 aliphatic carbocycles. The number of halogens is 1.